The SMILES string of the molecule is S[SH](S)CC1CCCNC1. The molecule has 0 aromatic carbocycles. The lowest BCUT2D eigenvalue weighted by Crippen LogP contribution is -2.31. The molecule has 4 heteroatoms. The first-order valence-corrected chi connectivity index (χ1v) is 7.48. The first-order chi connectivity index (χ1) is 4.79. The Hall–Kier alpha value is 1.01. The van der Waals surface area contributed by atoms with E-state index in [9.17, 15) is 0 Å². The molecule has 0 aromatic heterocycles. The molecule has 1 aliphatic heterocycles. The van der Waals surface area contributed by atoms with Crippen molar-refractivity contribution in [3.63, 3.8) is 0 Å². The topological polar surface area (TPSA) is 12.0 Å². The van der Waals surface area contributed by atoms with Crippen LogP contribution in [-0.4, -0.2) is 18.8 Å². The van der Waals surface area contributed by atoms with Gasteiger partial charge in [-0.1, -0.05) is 0 Å². The Kier molecular flexibility index (Phi) is 4.37. The second-order valence-electron chi connectivity index (χ2n) is 2.77. The largest absolute Gasteiger partial charge is 0.316 e. The highest BCUT2D eigenvalue weighted by Crippen LogP contribution is 2.37. The highest BCUT2D eigenvalue weighted by molar-refractivity contribution is 9.09. The fourth-order valence-corrected chi connectivity index (χ4v) is 3.47. The molecule has 1 atom stereocenters. The van der Waals surface area contributed by atoms with Gasteiger partial charge in [0, 0.05) is 0 Å². The summed E-state index contributed by atoms with van der Waals surface area (Å²) in [6.07, 6.45) is 2.70. The van der Waals surface area contributed by atoms with Crippen LogP contribution in [0.3, 0.4) is 0 Å². The Balaban J connectivity index is 2.13. The van der Waals surface area contributed by atoms with Crippen molar-refractivity contribution >= 4 is 32.3 Å². The van der Waals surface area contributed by atoms with Crippen LogP contribution >= 0.6 is 32.3 Å². The van der Waals surface area contributed by atoms with Gasteiger partial charge in [-0.2, -0.15) is 8.96 Å². The lowest BCUT2D eigenvalue weighted by molar-refractivity contribution is 0.411. The second kappa shape index (κ2) is 4.80. The van der Waals surface area contributed by atoms with E-state index in [-0.39, 0.29) is 8.96 Å². The molecule has 0 saturated carbocycles. The van der Waals surface area contributed by atoms with Gasteiger partial charge < -0.3 is 5.32 Å². The molecule has 10 heavy (non-hydrogen) atoms. The number of thiol groups is 3. The van der Waals surface area contributed by atoms with E-state index >= 15 is 0 Å². The molecule has 1 fully saturated rings. The van der Waals surface area contributed by atoms with Crippen molar-refractivity contribution < 1.29 is 0 Å². The van der Waals surface area contributed by atoms with E-state index < -0.39 is 0 Å². The summed E-state index contributed by atoms with van der Waals surface area (Å²) in [6, 6.07) is 0. The summed E-state index contributed by atoms with van der Waals surface area (Å²) in [7, 11) is -0.274. The third-order valence-electron chi connectivity index (χ3n) is 1.82. The predicted octanol–water partition coefficient (Wildman–Crippen LogP) is 1.68. The van der Waals surface area contributed by atoms with Crippen LogP contribution in [0, 0.1) is 5.92 Å². The van der Waals surface area contributed by atoms with Gasteiger partial charge in [0.1, 0.15) is 0 Å². The molecule has 1 N–H and O–H groups in total. The molecular formula is C6H15NS3. The van der Waals surface area contributed by atoms with Crippen molar-refractivity contribution in [3.8, 4) is 0 Å². The molecule has 1 heterocycles. The molecule has 0 aliphatic carbocycles. The summed E-state index contributed by atoms with van der Waals surface area (Å²) < 4.78 is 0. The lowest BCUT2D eigenvalue weighted by Gasteiger charge is -2.24. The molecule has 0 radical (unpaired) electrons. The molecule has 62 valence electrons. The standard InChI is InChI=1S/C6H15NS3/c8-10(9)5-6-2-1-3-7-4-6/h6-10H,1-5H2. The maximum absolute atomic E-state index is 4.31. The van der Waals surface area contributed by atoms with E-state index in [1.165, 1.54) is 31.7 Å². The van der Waals surface area contributed by atoms with Gasteiger partial charge in [0.15, 0.2) is 0 Å². The summed E-state index contributed by atoms with van der Waals surface area (Å²) in [5.41, 5.74) is 0. The van der Waals surface area contributed by atoms with Crippen LogP contribution in [0.5, 0.6) is 0 Å². The Morgan fingerprint density at radius 1 is 1.50 bits per heavy atom. The Morgan fingerprint density at radius 3 is 2.80 bits per heavy atom. The molecule has 1 saturated heterocycles. The third kappa shape index (κ3) is 3.42. The summed E-state index contributed by atoms with van der Waals surface area (Å²) in [5, 5.41) is 3.38. The summed E-state index contributed by atoms with van der Waals surface area (Å²) in [5.74, 6) is 2.05. The van der Waals surface area contributed by atoms with Gasteiger partial charge >= 0.3 is 0 Å². The van der Waals surface area contributed by atoms with Crippen LogP contribution in [0.2, 0.25) is 0 Å². The monoisotopic (exact) mass is 197 g/mol. The average Bonchev–Trinajstić information content (AvgIpc) is 1.88. The Morgan fingerprint density at radius 2 is 2.30 bits per heavy atom. The maximum atomic E-state index is 4.31. The predicted molar refractivity (Wildman–Crippen MR) is 57.4 cm³/mol. The van der Waals surface area contributed by atoms with Crippen molar-refractivity contribution in [2.45, 2.75) is 12.8 Å². The van der Waals surface area contributed by atoms with Crippen LogP contribution in [-0.2, 0) is 0 Å². The van der Waals surface area contributed by atoms with Gasteiger partial charge in [-0.05, 0) is 37.6 Å². The Bertz CT molecular complexity index is 91.0. The van der Waals surface area contributed by atoms with E-state index in [1.807, 2.05) is 0 Å². The number of nitrogens with one attached hydrogen (secondary N) is 1. The molecule has 0 bridgehead atoms. The van der Waals surface area contributed by atoms with Crippen molar-refractivity contribution in [1.29, 1.82) is 0 Å². The fraction of sp³-hybridized carbons (Fsp3) is 1.00. The maximum Gasteiger partial charge on any atom is -0.00127 e. The third-order valence-corrected chi connectivity index (χ3v) is 3.64. The number of rotatable bonds is 2. The second-order valence-corrected chi connectivity index (χ2v) is 7.72. The van der Waals surface area contributed by atoms with Crippen molar-refractivity contribution in [2.75, 3.05) is 18.8 Å². The van der Waals surface area contributed by atoms with E-state index in [2.05, 4.69) is 28.6 Å². The normalized spacial score (nSPS) is 28.2. The first kappa shape index (κ1) is 9.10. The van der Waals surface area contributed by atoms with Crippen LogP contribution in [0.25, 0.3) is 0 Å². The highest BCUT2D eigenvalue weighted by Gasteiger charge is 2.12. The zero-order chi connectivity index (χ0) is 7.40. The van der Waals surface area contributed by atoms with Crippen molar-refractivity contribution in [1.82, 2.24) is 5.32 Å². The summed E-state index contributed by atoms with van der Waals surface area (Å²) >= 11 is 8.62. The van der Waals surface area contributed by atoms with Gasteiger partial charge in [-0.25, -0.2) is 0 Å². The minimum absolute atomic E-state index is 0.274. The van der Waals surface area contributed by atoms with Crippen molar-refractivity contribution in [3.05, 3.63) is 0 Å². The molecule has 1 nitrogen and oxygen atoms in total. The quantitative estimate of drug-likeness (QED) is 0.390. The number of hydrogen-bond donors (Lipinski definition) is 4. The number of piperidine rings is 1. The van der Waals surface area contributed by atoms with Gasteiger partial charge in [0.2, 0.25) is 0 Å². The minimum atomic E-state index is -0.274. The minimum Gasteiger partial charge on any atom is -0.316 e. The van der Waals surface area contributed by atoms with Crippen LogP contribution < -0.4 is 5.32 Å². The first-order valence-electron chi connectivity index (χ1n) is 3.65. The summed E-state index contributed by atoms with van der Waals surface area (Å²) in [6.45, 7) is 2.38. The summed E-state index contributed by atoms with van der Waals surface area (Å²) in [4.78, 5) is 0. The van der Waals surface area contributed by atoms with Gasteiger partial charge in [-0.3, -0.25) is 0 Å². The van der Waals surface area contributed by atoms with Crippen LogP contribution in [0.1, 0.15) is 12.8 Å². The molecule has 1 unspecified atom stereocenters. The smallest absolute Gasteiger partial charge is 0.00127 e. The average molecular weight is 197 g/mol. The van der Waals surface area contributed by atoms with E-state index in [0.717, 1.165) is 5.92 Å². The van der Waals surface area contributed by atoms with E-state index in [4.69, 9.17) is 0 Å². The molecule has 1 rings (SSSR count). The van der Waals surface area contributed by atoms with Crippen LogP contribution in [0.4, 0.5) is 0 Å². The molecule has 0 amide bonds. The molecule has 1 aliphatic rings. The molecule has 0 aromatic rings. The van der Waals surface area contributed by atoms with Gasteiger partial charge in [0.25, 0.3) is 0 Å². The Labute approximate surface area is 75.3 Å². The number of hydrogen-bond acceptors (Lipinski definition) is 3. The lowest BCUT2D eigenvalue weighted by atomic mass is 10.0. The van der Waals surface area contributed by atoms with Crippen LogP contribution in [0.15, 0.2) is 0 Å². The van der Waals surface area contributed by atoms with Gasteiger partial charge in [0.05, 0.1) is 0 Å². The fourth-order valence-electron chi connectivity index (χ4n) is 1.31. The van der Waals surface area contributed by atoms with Crippen molar-refractivity contribution in [2.24, 2.45) is 5.92 Å². The zero-order valence-electron chi connectivity index (χ0n) is 5.95. The zero-order valence-corrected chi connectivity index (χ0v) is 8.64. The molecule has 0 spiro atoms. The van der Waals surface area contributed by atoms with Gasteiger partial charge in [-0.15, -0.1) is 23.3 Å². The van der Waals surface area contributed by atoms with E-state index in [0.29, 0.717) is 0 Å². The highest BCUT2D eigenvalue weighted by atomic mass is 33.5. The molecular weight excluding hydrogens is 182 g/mol. The van der Waals surface area contributed by atoms with E-state index in [1.54, 1.807) is 0 Å².